The highest BCUT2D eigenvalue weighted by atomic mass is 32.2. The molecule has 1 fully saturated rings. The molecule has 0 unspecified atom stereocenters. The summed E-state index contributed by atoms with van der Waals surface area (Å²) in [5.41, 5.74) is 3.49. The Labute approximate surface area is 190 Å². The van der Waals surface area contributed by atoms with Crippen LogP contribution in [0, 0.1) is 12.7 Å². The second-order valence-corrected chi connectivity index (χ2v) is 8.80. The Hall–Kier alpha value is -3.13. The van der Waals surface area contributed by atoms with Crippen LogP contribution >= 0.6 is 11.8 Å². The summed E-state index contributed by atoms with van der Waals surface area (Å²) < 4.78 is 13.0. The van der Waals surface area contributed by atoms with Crippen LogP contribution in [0.1, 0.15) is 16.8 Å². The molecule has 0 aliphatic carbocycles. The zero-order chi connectivity index (χ0) is 22.5. The van der Waals surface area contributed by atoms with E-state index in [1.165, 1.54) is 41.2 Å². The van der Waals surface area contributed by atoms with Crippen LogP contribution in [-0.4, -0.2) is 47.0 Å². The number of benzene rings is 2. The first kappa shape index (κ1) is 22.1. The standard InChI is InChI=1S/C24H25FN4O2S/c1-17-3-2-4-21(13-17)28-9-11-29(12-10-28)23(31)15-20-14-22(30)27-24(26-20)32-16-18-5-7-19(25)8-6-18/h2-8,13-14H,9-12,15-16H2,1H3,(H,26,27,30). The summed E-state index contributed by atoms with van der Waals surface area (Å²) in [6.07, 6.45) is 0.0957. The molecule has 0 saturated carbocycles. The van der Waals surface area contributed by atoms with Gasteiger partial charge in [0.05, 0.1) is 12.1 Å². The number of carbonyl (C=O) groups excluding carboxylic acids is 1. The average Bonchev–Trinajstić information content (AvgIpc) is 2.78. The molecule has 1 aliphatic rings. The highest BCUT2D eigenvalue weighted by Crippen LogP contribution is 2.20. The van der Waals surface area contributed by atoms with Gasteiger partial charge in [0, 0.05) is 43.7 Å². The lowest BCUT2D eigenvalue weighted by molar-refractivity contribution is -0.130. The van der Waals surface area contributed by atoms with Gasteiger partial charge in [-0.05, 0) is 42.3 Å². The third-order valence-corrected chi connectivity index (χ3v) is 6.34. The fourth-order valence-electron chi connectivity index (χ4n) is 3.68. The first-order valence-corrected chi connectivity index (χ1v) is 11.5. The van der Waals surface area contributed by atoms with Gasteiger partial charge in [-0.25, -0.2) is 9.37 Å². The summed E-state index contributed by atoms with van der Waals surface area (Å²) in [6.45, 7) is 4.90. The number of piperazine rings is 1. The van der Waals surface area contributed by atoms with Gasteiger partial charge in [0.25, 0.3) is 5.56 Å². The summed E-state index contributed by atoms with van der Waals surface area (Å²) in [7, 11) is 0. The van der Waals surface area contributed by atoms with Crippen molar-refractivity contribution in [1.82, 2.24) is 14.9 Å². The molecule has 1 amide bonds. The number of aromatic nitrogens is 2. The van der Waals surface area contributed by atoms with Crippen molar-refractivity contribution in [3.8, 4) is 0 Å². The van der Waals surface area contributed by atoms with E-state index in [1.54, 1.807) is 12.1 Å². The van der Waals surface area contributed by atoms with Gasteiger partial charge in [-0.3, -0.25) is 9.59 Å². The third kappa shape index (κ3) is 5.76. The van der Waals surface area contributed by atoms with Gasteiger partial charge in [-0.1, -0.05) is 36.0 Å². The van der Waals surface area contributed by atoms with Crippen LogP contribution in [0.2, 0.25) is 0 Å². The molecule has 0 radical (unpaired) electrons. The zero-order valence-corrected chi connectivity index (χ0v) is 18.7. The first-order chi connectivity index (χ1) is 15.5. The van der Waals surface area contributed by atoms with Crippen LogP contribution in [0.25, 0.3) is 0 Å². The fourth-order valence-corrected chi connectivity index (χ4v) is 4.53. The number of hydrogen-bond acceptors (Lipinski definition) is 5. The van der Waals surface area contributed by atoms with Crippen LogP contribution in [0.3, 0.4) is 0 Å². The van der Waals surface area contributed by atoms with E-state index >= 15 is 0 Å². The number of aromatic amines is 1. The molecule has 1 saturated heterocycles. The lowest BCUT2D eigenvalue weighted by atomic mass is 10.2. The van der Waals surface area contributed by atoms with Crippen LogP contribution in [-0.2, 0) is 17.0 Å². The van der Waals surface area contributed by atoms with Gasteiger partial charge >= 0.3 is 0 Å². The van der Waals surface area contributed by atoms with Crippen molar-refractivity contribution in [2.24, 2.45) is 0 Å². The number of H-pyrrole nitrogens is 1. The number of anilines is 1. The Balaban J connectivity index is 1.34. The molecule has 2 heterocycles. The summed E-state index contributed by atoms with van der Waals surface area (Å²) in [4.78, 5) is 36.1. The van der Waals surface area contributed by atoms with Crippen molar-refractivity contribution in [1.29, 1.82) is 0 Å². The van der Waals surface area contributed by atoms with Gasteiger partial charge < -0.3 is 14.8 Å². The van der Waals surface area contributed by atoms with E-state index in [1.807, 2.05) is 11.0 Å². The van der Waals surface area contributed by atoms with Crippen LogP contribution < -0.4 is 10.5 Å². The van der Waals surface area contributed by atoms with E-state index < -0.39 is 0 Å². The second kappa shape index (κ2) is 9.99. The zero-order valence-electron chi connectivity index (χ0n) is 17.9. The highest BCUT2D eigenvalue weighted by Gasteiger charge is 2.22. The molecule has 1 aromatic heterocycles. The number of halogens is 1. The molecule has 6 nitrogen and oxygen atoms in total. The molecular formula is C24H25FN4O2S. The van der Waals surface area contributed by atoms with E-state index in [2.05, 4.69) is 40.0 Å². The maximum atomic E-state index is 13.0. The average molecular weight is 453 g/mol. The number of rotatable bonds is 6. The Morgan fingerprint density at radius 3 is 2.56 bits per heavy atom. The lowest BCUT2D eigenvalue weighted by Crippen LogP contribution is -2.49. The summed E-state index contributed by atoms with van der Waals surface area (Å²) in [5.74, 6) is 0.230. The van der Waals surface area contributed by atoms with Crippen molar-refractivity contribution >= 4 is 23.4 Å². The van der Waals surface area contributed by atoms with Gasteiger partial charge in [0.15, 0.2) is 5.16 Å². The number of nitrogens with zero attached hydrogens (tertiary/aromatic N) is 3. The summed E-state index contributed by atoms with van der Waals surface area (Å²) in [6, 6.07) is 16.0. The van der Waals surface area contributed by atoms with Crippen molar-refractivity contribution in [2.45, 2.75) is 24.3 Å². The summed E-state index contributed by atoms with van der Waals surface area (Å²) >= 11 is 1.35. The topological polar surface area (TPSA) is 69.3 Å². The van der Waals surface area contributed by atoms with Gasteiger partial charge in [-0.2, -0.15) is 0 Å². The molecule has 0 bridgehead atoms. The maximum absolute atomic E-state index is 13.0. The second-order valence-electron chi connectivity index (χ2n) is 7.84. The molecule has 3 aromatic rings. The van der Waals surface area contributed by atoms with E-state index in [0.29, 0.717) is 29.7 Å². The van der Waals surface area contributed by atoms with Crippen molar-refractivity contribution in [2.75, 3.05) is 31.1 Å². The number of nitrogens with one attached hydrogen (secondary N) is 1. The third-order valence-electron chi connectivity index (χ3n) is 5.39. The molecular weight excluding hydrogens is 427 g/mol. The van der Waals surface area contributed by atoms with Crippen molar-refractivity contribution in [3.05, 3.63) is 87.6 Å². The number of aryl methyl sites for hydroxylation is 1. The van der Waals surface area contributed by atoms with Crippen LogP contribution in [0.5, 0.6) is 0 Å². The molecule has 0 atom stereocenters. The Bertz CT molecular complexity index is 1140. The highest BCUT2D eigenvalue weighted by molar-refractivity contribution is 7.98. The minimum absolute atomic E-state index is 0.0264. The molecule has 1 N–H and O–H groups in total. The minimum atomic E-state index is -0.287. The Morgan fingerprint density at radius 1 is 1.09 bits per heavy atom. The Kier molecular flexibility index (Phi) is 6.90. The van der Waals surface area contributed by atoms with E-state index in [4.69, 9.17) is 0 Å². The number of thioether (sulfide) groups is 1. The van der Waals surface area contributed by atoms with E-state index in [0.717, 1.165) is 18.7 Å². The van der Waals surface area contributed by atoms with E-state index in [9.17, 15) is 14.0 Å². The molecule has 166 valence electrons. The normalized spacial score (nSPS) is 13.9. The fraction of sp³-hybridized carbons (Fsp3) is 0.292. The Morgan fingerprint density at radius 2 is 1.84 bits per heavy atom. The maximum Gasteiger partial charge on any atom is 0.251 e. The summed E-state index contributed by atoms with van der Waals surface area (Å²) in [5, 5.41) is 0.453. The van der Waals surface area contributed by atoms with Crippen molar-refractivity contribution in [3.63, 3.8) is 0 Å². The first-order valence-electron chi connectivity index (χ1n) is 10.5. The molecule has 0 spiro atoms. The number of amides is 1. The van der Waals surface area contributed by atoms with Crippen molar-refractivity contribution < 1.29 is 9.18 Å². The SMILES string of the molecule is Cc1cccc(N2CCN(C(=O)Cc3cc(=O)[nH]c(SCc4ccc(F)cc4)n3)CC2)c1. The number of carbonyl (C=O) groups is 1. The predicted molar refractivity (Wildman–Crippen MR) is 124 cm³/mol. The monoisotopic (exact) mass is 452 g/mol. The quantitative estimate of drug-likeness (QED) is 0.459. The van der Waals surface area contributed by atoms with Gasteiger partial charge in [0.2, 0.25) is 5.91 Å². The number of hydrogen-bond donors (Lipinski definition) is 1. The molecule has 4 rings (SSSR count). The van der Waals surface area contributed by atoms with E-state index in [-0.39, 0.29) is 23.7 Å². The smallest absolute Gasteiger partial charge is 0.251 e. The van der Waals surface area contributed by atoms with Gasteiger partial charge in [-0.15, -0.1) is 0 Å². The van der Waals surface area contributed by atoms with Crippen LogP contribution in [0.15, 0.2) is 64.5 Å². The molecule has 1 aliphatic heterocycles. The minimum Gasteiger partial charge on any atom is -0.368 e. The lowest BCUT2D eigenvalue weighted by Gasteiger charge is -2.36. The molecule has 32 heavy (non-hydrogen) atoms. The predicted octanol–water partition coefficient (Wildman–Crippen LogP) is 3.40. The largest absolute Gasteiger partial charge is 0.368 e. The van der Waals surface area contributed by atoms with Gasteiger partial charge in [0.1, 0.15) is 5.82 Å². The molecule has 8 heteroatoms. The molecule has 2 aromatic carbocycles. The van der Waals surface area contributed by atoms with Crippen LogP contribution in [0.4, 0.5) is 10.1 Å².